The van der Waals surface area contributed by atoms with E-state index in [1.807, 2.05) is 60.7 Å². The van der Waals surface area contributed by atoms with Gasteiger partial charge in [-0.3, -0.25) is 0 Å². The predicted molar refractivity (Wildman–Crippen MR) is 148 cm³/mol. The second-order valence-electron chi connectivity index (χ2n) is 9.01. The first-order valence-corrected chi connectivity index (χ1v) is 12.1. The number of nitrogens with zero attached hydrogens (tertiary/aromatic N) is 2. The maximum Gasteiger partial charge on any atom is 0.410 e. The Morgan fingerprint density at radius 3 is 1.37 bits per heavy atom. The summed E-state index contributed by atoms with van der Waals surface area (Å²) in [5.74, 6) is 0. The molecule has 0 bridgehead atoms. The van der Waals surface area contributed by atoms with Crippen molar-refractivity contribution in [3.05, 3.63) is 71.8 Å². The van der Waals surface area contributed by atoms with Gasteiger partial charge in [0.25, 0.3) is 0 Å². The summed E-state index contributed by atoms with van der Waals surface area (Å²) in [6, 6.07) is 18.3. The lowest BCUT2D eigenvalue weighted by Crippen LogP contribution is -2.53. The van der Waals surface area contributed by atoms with Crippen LogP contribution in [0.15, 0.2) is 60.7 Å². The monoisotopic (exact) mass is 572 g/mol. The average Bonchev–Trinajstić information content (AvgIpc) is 2.90. The molecule has 0 aliphatic carbocycles. The molecule has 6 N–H and O–H groups in total. The van der Waals surface area contributed by atoms with E-state index >= 15 is 0 Å². The van der Waals surface area contributed by atoms with E-state index < -0.39 is 12.2 Å². The molecule has 4 atom stereocenters. The molecule has 2 aromatic carbocycles. The number of nitrogens with two attached hydrogens (primary N) is 2. The second-order valence-corrected chi connectivity index (χ2v) is 9.01. The second kappa shape index (κ2) is 17.1. The van der Waals surface area contributed by atoms with Crippen LogP contribution in [0.5, 0.6) is 0 Å². The van der Waals surface area contributed by atoms with Crippen molar-refractivity contribution in [2.45, 2.75) is 50.3 Å². The number of piperidine rings is 2. The molecule has 2 aliphatic heterocycles. The first-order valence-electron chi connectivity index (χ1n) is 12.1. The number of hydrogen-bond acceptors (Lipinski definition) is 8. The van der Waals surface area contributed by atoms with Crippen LogP contribution >= 0.6 is 24.8 Å². The first-order chi connectivity index (χ1) is 17.3. The third-order valence-corrected chi connectivity index (χ3v) is 6.17. The Kier molecular flexibility index (Phi) is 15.0. The summed E-state index contributed by atoms with van der Waals surface area (Å²) in [4.78, 5) is 26.7. The standard InChI is InChI=1S/2C13H18N2O3.2ClH/c2*14-11-8-15(7-6-12(11)16)13(17)18-9-10-4-2-1-3-5-10;;/h2*1-5,11-12,16H,6-9,14H2;2*1H/t2*11-,12+;;/m10../s1. The molecule has 2 fully saturated rings. The molecule has 10 nitrogen and oxygen atoms in total. The molecule has 2 aliphatic rings. The van der Waals surface area contributed by atoms with Crippen molar-refractivity contribution < 1.29 is 29.3 Å². The minimum atomic E-state index is -0.525. The third-order valence-electron chi connectivity index (χ3n) is 6.17. The molecular formula is C26H38Cl2N4O6. The lowest BCUT2D eigenvalue weighted by atomic mass is 10.0. The van der Waals surface area contributed by atoms with E-state index in [2.05, 4.69) is 0 Å². The maximum atomic E-state index is 11.8. The number of likely N-dealkylation sites (tertiary alicyclic amines) is 2. The molecule has 4 rings (SSSR count). The number of benzene rings is 2. The molecule has 2 heterocycles. The van der Waals surface area contributed by atoms with Crippen LogP contribution in [0, 0.1) is 0 Å². The van der Waals surface area contributed by atoms with Crippen LogP contribution in [0.1, 0.15) is 24.0 Å². The summed E-state index contributed by atoms with van der Waals surface area (Å²) in [6.07, 6.45) is -0.794. The van der Waals surface area contributed by atoms with Gasteiger partial charge in [-0.15, -0.1) is 24.8 Å². The van der Waals surface area contributed by atoms with Crippen molar-refractivity contribution in [2.24, 2.45) is 11.5 Å². The quantitative estimate of drug-likeness (QED) is 0.435. The van der Waals surface area contributed by atoms with E-state index in [1.165, 1.54) is 0 Å². The van der Waals surface area contributed by atoms with Crippen molar-refractivity contribution >= 4 is 37.0 Å². The van der Waals surface area contributed by atoms with Crippen LogP contribution in [-0.4, -0.2) is 82.7 Å². The minimum Gasteiger partial charge on any atom is -0.445 e. The van der Waals surface area contributed by atoms with E-state index in [1.54, 1.807) is 9.80 Å². The highest BCUT2D eigenvalue weighted by Crippen LogP contribution is 2.13. The molecule has 0 radical (unpaired) electrons. The van der Waals surface area contributed by atoms with Gasteiger partial charge in [-0.1, -0.05) is 60.7 Å². The predicted octanol–water partition coefficient (Wildman–Crippen LogP) is 2.28. The van der Waals surface area contributed by atoms with Gasteiger partial charge in [0.05, 0.1) is 12.2 Å². The number of ether oxygens (including phenoxy) is 2. The Morgan fingerprint density at radius 2 is 1.05 bits per heavy atom. The molecule has 0 spiro atoms. The van der Waals surface area contributed by atoms with Crippen LogP contribution in [0.2, 0.25) is 0 Å². The van der Waals surface area contributed by atoms with Gasteiger partial charge in [-0.25, -0.2) is 9.59 Å². The Balaban J connectivity index is 0.000000361. The Labute approximate surface area is 235 Å². The maximum absolute atomic E-state index is 11.8. The largest absolute Gasteiger partial charge is 0.445 e. The average molecular weight is 574 g/mol. The summed E-state index contributed by atoms with van der Waals surface area (Å²) < 4.78 is 10.4. The summed E-state index contributed by atoms with van der Waals surface area (Å²) >= 11 is 0. The number of halogens is 2. The van der Waals surface area contributed by atoms with Gasteiger partial charge in [0.2, 0.25) is 0 Å². The normalized spacial score (nSPS) is 22.5. The number of hydrogen-bond donors (Lipinski definition) is 4. The van der Waals surface area contributed by atoms with E-state index in [4.69, 9.17) is 20.9 Å². The molecule has 2 saturated heterocycles. The fourth-order valence-electron chi connectivity index (χ4n) is 3.89. The molecule has 0 saturated carbocycles. The van der Waals surface area contributed by atoms with E-state index in [0.29, 0.717) is 39.0 Å². The smallest absolute Gasteiger partial charge is 0.410 e. The number of rotatable bonds is 4. The van der Waals surface area contributed by atoms with Crippen molar-refractivity contribution in [3.63, 3.8) is 0 Å². The zero-order valence-corrected chi connectivity index (χ0v) is 22.8. The highest BCUT2D eigenvalue weighted by Gasteiger charge is 2.29. The molecule has 2 aromatic rings. The van der Waals surface area contributed by atoms with Crippen LogP contribution in [0.3, 0.4) is 0 Å². The van der Waals surface area contributed by atoms with E-state index in [-0.39, 0.29) is 62.3 Å². The van der Waals surface area contributed by atoms with Crippen molar-refractivity contribution in [1.29, 1.82) is 0 Å². The fraction of sp³-hybridized carbons (Fsp3) is 0.462. The Bertz CT molecular complexity index is 882. The van der Waals surface area contributed by atoms with Gasteiger partial charge in [0, 0.05) is 38.3 Å². The third kappa shape index (κ3) is 10.6. The van der Waals surface area contributed by atoms with Gasteiger partial charge in [-0.2, -0.15) is 0 Å². The summed E-state index contributed by atoms with van der Waals surface area (Å²) in [5.41, 5.74) is 13.3. The van der Waals surface area contributed by atoms with Crippen LogP contribution in [0.4, 0.5) is 9.59 Å². The van der Waals surface area contributed by atoms with Crippen molar-refractivity contribution in [1.82, 2.24) is 9.80 Å². The molecule has 0 unspecified atom stereocenters. The molecule has 212 valence electrons. The number of aliphatic hydroxyl groups excluding tert-OH is 2. The number of carbonyl (C=O) groups excluding carboxylic acids is 2. The van der Waals surface area contributed by atoms with Crippen LogP contribution < -0.4 is 11.5 Å². The fourth-order valence-corrected chi connectivity index (χ4v) is 3.89. The number of carbonyl (C=O) groups is 2. The lowest BCUT2D eigenvalue weighted by Gasteiger charge is -2.33. The Hall–Kier alpha value is -2.60. The summed E-state index contributed by atoms with van der Waals surface area (Å²) in [6.45, 7) is 2.18. The first kappa shape index (κ1) is 33.4. The minimum absolute atomic E-state index is 0. The van der Waals surface area contributed by atoms with Gasteiger partial charge in [-0.05, 0) is 24.0 Å². The SMILES string of the molecule is Cl.Cl.N[C@@H]1CN(C(=O)OCc2ccccc2)CC[C@@H]1O.N[C@H]1CN(C(=O)OCc2ccccc2)CC[C@H]1O. The van der Waals surface area contributed by atoms with E-state index in [9.17, 15) is 19.8 Å². The van der Waals surface area contributed by atoms with Gasteiger partial charge < -0.3 is 41.0 Å². The lowest BCUT2D eigenvalue weighted by molar-refractivity contribution is 0.0434. The number of aliphatic hydroxyl groups is 2. The summed E-state index contributed by atoms with van der Waals surface area (Å²) in [5, 5.41) is 19.0. The molecular weight excluding hydrogens is 535 g/mol. The highest BCUT2D eigenvalue weighted by molar-refractivity contribution is 5.85. The summed E-state index contributed by atoms with van der Waals surface area (Å²) in [7, 11) is 0. The zero-order valence-electron chi connectivity index (χ0n) is 21.1. The van der Waals surface area contributed by atoms with Gasteiger partial charge >= 0.3 is 12.2 Å². The molecule has 2 amide bonds. The number of amides is 2. The molecule has 12 heteroatoms. The Morgan fingerprint density at radius 1 is 0.711 bits per heavy atom. The van der Waals surface area contributed by atoms with Gasteiger partial charge in [0.1, 0.15) is 13.2 Å². The van der Waals surface area contributed by atoms with Crippen LogP contribution in [0.25, 0.3) is 0 Å². The van der Waals surface area contributed by atoms with Crippen molar-refractivity contribution in [2.75, 3.05) is 26.2 Å². The van der Waals surface area contributed by atoms with Gasteiger partial charge in [0.15, 0.2) is 0 Å². The zero-order chi connectivity index (χ0) is 25.9. The molecule has 0 aromatic heterocycles. The van der Waals surface area contributed by atoms with E-state index in [0.717, 1.165) is 11.1 Å². The van der Waals surface area contributed by atoms with Crippen LogP contribution in [-0.2, 0) is 22.7 Å². The topological polar surface area (TPSA) is 152 Å². The highest BCUT2D eigenvalue weighted by atomic mass is 35.5. The van der Waals surface area contributed by atoms with Crippen molar-refractivity contribution in [3.8, 4) is 0 Å². The molecule has 38 heavy (non-hydrogen) atoms.